The van der Waals surface area contributed by atoms with Crippen LogP contribution in [-0.4, -0.2) is 20.7 Å². The van der Waals surface area contributed by atoms with Gasteiger partial charge in [0, 0.05) is 19.8 Å². The average Bonchev–Trinajstić information content (AvgIpc) is 2.38. The Labute approximate surface area is 105 Å². The first kappa shape index (κ1) is 12.4. The smallest absolute Gasteiger partial charge is 0.268 e. The minimum atomic E-state index is -0.525. The normalized spacial score (nSPS) is 10.6. The van der Waals surface area contributed by atoms with Crippen molar-refractivity contribution in [1.29, 1.82) is 0 Å². The number of nitrogens with zero attached hydrogens (tertiary/aromatic N) is 1. The molecule has 0 aliphatic rings. The maximum Gasteiger partial charge on any atom is 0.268 e. The van der Waals surface area contributed by atoms with E-state index in [1.807, 2.05) is 43.3 Å². The first-order chi connectivity index (χ1) is 8.56. The number of hydrogen-bond donors (Lipinski definition) is 0. The molecule has 0 unspecified atom stereocenters. The molecule has 0 aromatic heterocycles. The van der Waals surface area contributed by atoms with Crippen molar-refractivity contribution in [3.05, 3.63) is 44.7 Å². The Kier molecular flexibility index (Phi) is 3.19. The Morgan fingerprint density at radius 2 is 1.67 bits per heavy atom. The molecule has 0 saturated carbocycles. The van der Waals surface area contributed by atoms with Crippen LogP contribution in [0.4, 0.5) is 5.69 Å². The molecule has 0 aliphatic carbocycles. The largest absolute Gasteiger partial charge is 0.489 e. The van der Waals surface area contributed by atoms with Gasteiger partial charge in [-0.25, -0.2) is 0 Å². The standard InChI is InChI=1S/C14H15NO3/c1-4-18-14-11(12(16)13(14)17)9-5-7-10(8-6-9)15(2)3/h5-8H,4H2,1-3H3. The Morgan fingerprint density at radius 3 is 2.17 bits per heavy atom. The van der Waals surface area contributed by atoms with Crippen molar-refractivity contribution in [1.82, 2.24) is 0 Å². The maximum atomic E-state index is 11.6. The van der Waals surface area contributed by atoms with Crippen LogP contribution in [0.3, 0.4) is 0 Å². The molecule has 0 heterocycles. The molecule has 0 aliphatic heterocycles. The molecular formula is C14H15NO3. The summed E-state index contributed by atoms with van der Waals surface area (Å²) in [6, 6.07) is 7.46. The fourth-order valence-electron chi connectivity index (χ4n) is 1.84. The van der Waals surface area contributed by atoms with Crippen LogP contribution in [0, 0.1) is 0 Å². The van der Waals surface area contributed by atoms with Crippen LogP contribution in [0.1, 0.15) is 6.92 Å². The zero-order chi connectivity index (χ0) is 13.3. The van der Waals surface area contributed by atoms with Crippen molar-refractivity contribution >= 4 is 5.69 Å². The number of ether oxygens (including phenoxy) is 1. The summed E-state index contributed by atoms with van der Waals surface area (Å²) in [6.45, 7) is 2.17. The van der Waals surface area contributed by atoms with E-state index in [2.05, 4.69) is 0 Å². The third-order valence-electron chi connectivity index (χ3n) is 2.83. The molecule has 0 radical (unpaired) electrons. The first-order valence-corrected chi connectivity index (χ1v) is 5.80. The number of anilines is 1. The highest BCUT2D eigenvalue weighted by molar-refractivity contribution is 5.75. The monoisotopic (exact) mass is 245 g/mol. The van der Waals surface area contributed by atoms with Gasteiger partial charge in [0.1, 0.15) is 0 Å². The summed E-state index contributed by atoms with van der Waals surface area (Å²) in [5.41, 5.74) is 1.18. The van der Waals surface area contributed by atoms with E-state index in [4.69, 9.17) is 4.74 Å². The van der Waals surface area contributed by atoms with Crippen molar-refractivity contribution in [3.63, 3.8) is 0 Å². The van der Waals surface area contributed by atoms with Crippen molar-refractivity contribution < 1.29 is 4.74 Å². The highest BCUT2D eigenvalue weighted by Crippen LogP contribution is 2.27. The van der Waals surface area contributed by atoms with Crippen molar-refractivity contribution in [2.75, 3.05) is 25.6 Å². The molecule has 2 aromatic carbocycles. The molecule has 2 aromatic rings. The van der Waals surface area contributed by atoms with Crippen LogP contribution < -0.4 is 20.5 Å². The molecule has 18 heavy (non-hydrogen) atoms. The number of benzene rings is 1. The quantitative estimate of drug-likeness (QED) is 0.764. The molecule has 0 saturated heterocycles. The summed E-state index contributed by atoms with van der Waals surface area (Å²) >= 11 is 0. The molecule has 0 bridgehead atoms. The fourth-order valence-corrected chi connectivity index (χ4v) is 1.84. The van der Waals surface area contributed by atoms with Crippen LogP contribution in [-0.2, 0) is 0 Å². The highest BCUT2D eigenvalue weighted by atomic mass is 16.5. The van der Waals surface area contributed by atoms with Crippen LogP contribution in [0.5, 0.6) is 5.75 Å². The summed E-state index contributed by atoms with van der Waals surface area (Å²) in [5, 5.41) is 0. The molecule has 0 amide bonds. The van der Waals surface area contributed by atoms with Gasteiger partial charge in [-0.15, -0.1) is 0 Å². The van der Waals surface area contributed by atoms with E-state index in [1.165, 1.54) is 0 Å². The van der Waals surface area contributed by atoms with E-state index < -0.39 is 10.9 Å². The van der Waals surface area contributed by atoms with E-state index in [0.717, 1.165) is 11.3 Å². The van der Waals surface area contributed by atoms with E-state index >= 15 is 0 Å². The lowest BCUT2D eigenvalue weighted by Gasteiger charge is -2.14. The Morgan fingerprint density at radius 1 is 1.06 bits per heavy atom. The molecule has 4 nitrogen and oxygen atoms in total. The summed E-state index contributed by atoms with van der Waals surface area (Å²) in [6.07, 6.45) is 0. The second kappa shape index (κ2) is 4.64. The zero-order valence-corrected chi connectivity index (χ0v) is 10.7. The van der Waals surface area contributed by atoms with E-state index in [9.17, 15) is 9.59 Å². The van der Waals surface area contributed by atoms with E-state index in [1.54, 1.807) is 6.92 Å². The molecule has 94 valence electrons. The maximum absolute atomic E-state index is 11.6. The van der Waals surface area contributed by atoms with Crippen LogP contribution in [0.2, 0.25) is 0 Å². The summed E-state index contributed by atoms with van der Waals surface area (Å²) in [7, 11) is 3.88. The Bertz CT molecular complexity index is 619. The van der Waals surface area contributed by atoms with Crippen molar-refractivity contribution in [2.24, 2.45) is 0 Å². The van der Waals surface area contributed by atoms with Gasteiger partial charge in [0.05, 0.1) is 12.2 Å². The highest BCUT2D eigenvalue weighted by Gasteiger charge is 2.23. The van der Waals surface area contributed by atoms with Crippen LogP contribution in [0.25, 0.3) is 11.1 Å². The van der Waals surface area contributed by atoms with Gasteiger partial charge in [0.2, 0.25) is 5.43 Å². The third kappa shape index (κ3) is 1.90. The van der Waals surface area contributed by atoms with Gasteiger partial charge in [-0.3, -0.25) is 9.59 Å². The first-order valence-electron chi connectivity index (χ1n) is 5.80. The lowest BCUT2D eigenvalue weighted by Crippen LogP contribution is -2.34. The lowest BCUT2D eigenvalue weighted by atomic mass is 9.99. The molecule has 0 spiro atoms. The summed E-state index contributed by atoms with van der Waals surface area (Å²) in [4.78, 5) is 24.9. The molecule has 0 atom stereocenters. The van der Waals surface area contributed by atoms with Crippen molar-refractivity contribution in [2.45, 2.75) is 6.92 Å². The van der Waals surface area contributed by atoms with E-state index in [0.29, 0.717) is 12.2 Å². The summed E-state index contributed by atoms with van der Waals surface area (Å²) < 4.78 is 5.20. The van der Waals surface area contributed by atoms with Gasteiger partial charge in [-0.2, -0.15) is 0 Å². The van der Waals surface area contributed by atoms with Crippen LogP contribution >= 0.6 is 0 Å². The summed E-state index contributed by atoms with van der Waals surface area (Å²) in [5.74, 6) is 0.195. The van der Waals surface area contributed by atoms with E-state index in [-0.39, 0.29) is 5.75 Å². The number of rotatable bonds is 4. The molecule has 0 fully saturated rings. The van der Waals surface area contributed by atoms with Crippen LogP contribution in [0.15, 0.2) is 33.9 Å². The number of hydrogen-bond acceptors (Lipinski definition) is 4. The Balaban J connectivity index is 2.41. The lowest BCUT2D eigenvalue weighted by molar-refractivity contribution is 0.334. The van der Waals surface area contributed by atoms with Gasteiger partial charge in [-0.05, 0) is 24.6 Å². The van der Waals surface area contributed by atoms with Crippen molar-refractivity contribution in [3.8, 4) is 16.9 Å². The molecule has 0 N–H and O–H groups in total. The average molecular weight is 245 g/mol. The second-order valence-electron chi connectivity index (χ2n) is 4.24. The van der Waals surface area contributed by atoms with Gasteiger partial charge in [-0.1, -0.05) is 12.1 Å². The minimum absolute atomic E-state index is 0.195. The second-order valence-corrected chi connectivity index (χ2v) is 4.24. The molecular weight excluding hydrogens is 230 g/mol. The molecule has 2 rings (SSSR count). The minimum Gasteiger partial charge on any atom is -0.489 e. The topological polar surface area (TPSA) is 46.6 Å². The SMILES string of the molecule is CCOc1c(-c2ccc(N(C)C)cc2)c(=O)c1=O. The van der Waals surface area contributed by atoms with Gasteiger partial charge in [0.15, 0.2) is 5.75 Å². The third-order valence-corrected chi connectivity index (χ3v) is 2.83. The Hall–Kier alpha value is -2.10. The predicted octanol–water partition coefficient (Wildman–Crippen LogP) is 1.41. The molecule has 4 heteroatoms. The fraction of sp³-hybridized carbons (Fsp3) is 0.286. The van der Waals surface area contributed by atoms with Gasteiger partial charge in [0.25, 0.3) is 5.43 Å². The van der Waals surface area contributed by atoms with Gasteiger partial charge < -0.3 is 9.64 Å². The zero-order valence-electron chi connectivity index (χ0n) is 10.7. The van der Waals surface area contributed by atoms with Gasteiger partial charge >= 0.3 is 0 Å². The predicted molar refractivity (Wildman–Crippen MR) is 72.3 cm³/mol.